The molecule has 1 aromatic heterocycles. The van der Waals surface area contributed by atoms with Crippen LogP contribution in [0.1, 0.15) is 32.1 Å². The first kappa shape index (κ1) is 15.4. The maximum atomic E-state index is 5.06. The SMILES string of the molecule is COCCCN(C)c1ncc(CNC(C)(C)C)s1. The highest BCUT2D eigenvalue weighted by molar-refractivity contribution is 7.15. The van der Waals surface area contributed by atoms with E-state index in [4.69, 9.17) is 4.74 Å². The van der Waals surface area contributed by atoms with Crippen molar-refractivity contribution in [2.45, 2.75) is 39.3 Å². The van der Waals surface area contributed by atoms with Gasteiger partial charge in [-0.2, -0.15) is 0 Å². The molecule has 0 aliphatic carbocycles. The van der Waals surface area contributed by atoms with E-state index in [9.17, 15) is 0 Å². The molecular formula is C13H25N3OS. The maximum absolute atomic E-state index is 5.06. The lowest BCUT2D eigenvalue weighted by Crippen LogP contribution is -2.34. The number of ether oxygens (including phenoxy) is 1. The number of aromatic nitrogens is 1. The lowest BCUT2D eigenvalue weighted by atomic mass is 10.1. The molecule has 1 heterocycles. The highest BCUT2D eigenvalue weighted by Crippen LogP contribution is 2.21. The second-order valence-electron chi connectivity index (χ2n) is 5.48. The van der Waals surface area contributed by atoms with E-state index in [2.05, 4.69) is 43.0 Å². The van der Waals surface area contributed by atoms with Gasteiger partial charge in [-0.3, -0.25) is 0 Å². The summed E-state index contributed by atoms with van der Waals surface area (Å²) in [5.41, 5.74) is 0.147. The van der Waals surface area contributed by atoms with E-state index in [0.717, 1.165) is 31.2 Å². The number of nitrogens with one attached hydrogen (secondary N) is 1. The summed E-state index contributed by atoms with van der Waals surface area (Å²) in [6.07, 6.45) is 2.99. The van der Waals surface area contributed by atoms with Crippen LogP contribution in [-0.4, -0.2) is 37.8 Å². The van der Waals surface area contributed by atoms with Crippen molar-refractivity contribution < 1.29 is 4.74 Å². The summed E-state index contributed by atoms with van der Waals surface area (Å²) < 4.78 is 5.06. The molecule has 0 radical (unpaired) electrons. The van der Waals surface area contributed by atoms with E-state index in [1.807, 2.05) is 6.20 Å². The molecular weight excluding hydrogens is 246 g/mol. The van der Waals surface area contributed by atoms with E-state index in [1.165, 1.54) is 4.88 Å². The normalized spacial score (nSPS) is 11.8. The van der Waals surface area contributed by atoms with Gasteiger partial charge in [0.25, 0.3) is 0 Å². The highest BCUT2D eigenvalue weighted by Gasteiger charge is 2.11. The summed E-state index contributed by atoms with van der Waals surface area (Å²) in [4.78, 5) is 7.92. The number of hydrogen-bond acceptors (Lipinski definition) is 5. The van der Waals surface area contributed by atoms with Crippen molar-refractivity contribution in [3.8, 4) is 0 Å². The van der Waals surface area contributed by atoms with Crippen molar-refractivity contribution in [3.63, 3.8) is 0 Å². The third-order valence-electron chi connectivity index (χ3n) is 2.50. The second kappa shape index (κ2) is 7.07. The Bertz CT molecular complexity index is 346. The zero-order valence-electron chi connectivity index (χ0n) is 12.1. The first-order valence-corrected chi connectivity index (χ1v) is 7.14. The third-order valence-corrected chi connectivity index (χ3v) is 3.61. The molecule has 4 nitrogen and oxygen atoms in total. The van der Waals surface area contributed by atoms with Crippen molar-refractivity contribution in [3.05, 3.63) is 11.1 Å². The Kier molecular flexibility index (Phi) is 6.05. The number of methoxy groups -OCH3 is 1. The second-order valence-corrected chi connectivity index (χ2v) is 6.57. The predicted octanol–water partition coefficient (Wildman–Crippen LogP) is 2.50. The third kappa shape index (κ3) is 5.80. The number of anilines is 1. The van der Waals surface area contributed by atoms with Crippen LogP contribution in [0.2, 0.25) is 0 Å². The number of thiazole rings is 1. The van der Waals surface area contributed by atoms with Gasteiger partial charge < -0.3 is 15.0 Å². The van der Waals surface area contributed by atoms with Gasteiger partial charge in [-0.1, -0.05) is 0 Å². The summed E-state index contributed by atoms with van der Waals surface area (Å²) in [5.74, 6) is 0. The molecule has 0 unspecified atom stereocenters. The molecule has 0 aromatic carbocycles. The molecule has 0 atom stereocenters. The van der Waals surface area contributed by atoms with Gasteiger partial charge >= 0.3 is 0 Å². The van der Waals surface area contributed by atoms with Gasteiger partial charge in [-0.15, -0.1) is 11.3 Å². The summed E-state index contributed by atoms with van der Waals surface area (Å²) >= 11 is 1.75. The number of hydrogen-bond donors (Lipinski definition) is 1. The minimum atomic E-state index is 0.147. The van der Waals surface area contributed by atoms with E-state index >= 15 is 0 Å². The van der Waals surface area contributed by atoms with Crippen molar-refractivity contribution in [1.29, 1.82) is 0 Å². The Hall–Kier alpha value is -0.650. The highest BCUT2D eigenvalue weighted by atomic mass is 32.1. The van der Waals surface area contributed by atoms with Crippen LogP contribution < -0.4 is 10.2 Å². The molecule has 0 spiro atoms. The minimum Gasteiger partial charge on any atom is -0.385 e. The van der Waals surface area contributed by atoms with Crippen LogP contribution >= 0.6 is 11.3 Å². The summed E-state index contributed by atoms with van der Waals surface area (Å²) in [6, 6.07) is 0. The summed E-state index contributed by atoms with van der Waals surface area (Å²) in [7, 11) is 3.81. The first-order valence-electron chi connectivity index (χ1n) is 6.32. The molecule has 0 bridgehead atoms. The van der Waals surface area contributed by atoms with Gasteiger partial charge in [0.1, 0.15) is 0 Å². The van der Waals surface area contributed by atoms with Gasteiger partial charge in [-0.25, -0.2) is 4.98 Å². The van der Waals surface area contributed by atoms with E-state index in [-0.39, 0.29) is 5.54 Å². The Balaban J connectivity index is 2.42. The fraction of sp³-hybridized carbons (Fsp3) is 0.769. The molecule has 0 fully saturated rings. The average molecular weight is 271 g/mol. The molecule has 104 valence electrons. The monoisotopic (exact) mass is 271 g/mol. The zero-order valence-corrected chi connectivity index (χ0v) is 12.9. The minimum absolute atomic E-state index is 0.147. The Morgan fingerprint density at radius 1 is 1.44 bits per heavy atom. The summed E-state index contributed by atoms with van der Waals surface area (Å²) in [5, 5.41) is 4.55. The zero-order chi connectivity index (χ0) is 13.6. The van der Waals surface area contributed by atoms with Crippen LogP contribution in [0.4, 0.5) is 5.13 Å². The van der Waals surface area contributed by atoms with Crippen LogP contribution in [-0.2, 0) is 11.3 Å². The maximum Gasteiger partial charge on any atom is 0.185 e. The van der Waals surface area contributed by atoms with Crippen LogP contribution in [0.25, 0.3) is 0 Å². The van der Waals surface area contributed by atoms with Crippen LogP contribution in [0.15, 0.2) is 6.20 Å². The number of nitrogens with zero attached hydrogens (tertiary/aromatic N) is 2. The van der Waals surface area contributed by atoms with Crippen molar-refractivity contribution in [1.82, 2.24) is 10.3 Å². The fourth-order valence-corrected chi connectivity index (χ4v) is 2.29. The van der Waals surface area contributed by atoms with E-state index in [0.29, 0.717) is 0 Å². The topological polar surface area (TPSA) is 37.4 Å². The molecule has 18 heavy (non-hydrogen) atoms. The van der Waals surface area contributed by atoms with E-state index < -0.39 is 0 Å². The quantitative estimate of drug-likeness (QED) is 0.773. The lowest BCUT2D eigenvalue weighted by molar-refractivity contribution is 0.196. The Morgan fingerprint density at radius 3 is 2.78 bits per heavy atom. The molecule has 1 N–H and O–H groups in total. The average Bonchev–Trinajstić information content (AvgIpc) is 2.74. The fourth-order valence-electron chi connectivity index (χ4n) is 1.45. The standard InChI is InChI=1S/C13H25N3OS/c1-13(2,3)15-10-11-9-14-12(18-11)16(4)7-6-8-17-5/h9,15H,6-8,10H2,1-5H3. The molecule has 0 aliphatic heterocycles. The van der Waals surface area contributed by atoms with Gasteiger partial charge in [0.2, 0.25) is 0 Å². The van der Waals surface area contributed by atoms with Crippen LogP contribution in [0.5, 0.6) is 0 Å². The summed E-state index contributed by atoms with van der Waals surface area (Å²) in [6.45, 7) is 9.18. The van der Waals surface area contributed by atoms with Crippen molar-refractivity contribution in [2.24, 2.45) is 0 Å². The van der Waals surface area contributed by atoms with Gasteiger partial charge in [0.05, 0.1) is 0 Å². The molecule has 0 amide bonds. The predicted molar refractivity (Wildman–Crippen MR) is 78.5 cm³/mol. The van der Waals surface area contributed by atoms with Gasteiger partial charge in [0, 0.05) is 50.5 Å². The smallest absolute Gasteiger partial charge is 0.185 e. The van der Waals surface area contributed by atoms with Gasteiger partial charge in [-0.05, 0) is 27.2 Å². The molecule has 0 aliphatic rings. The number of rotatable bonds is 7. The molecule has 0 saturated heterocycles. The molecule has 1 aromatic rings. The Morgan fingerprint density at radius 2 is 2.17 bits per heavy atom. The van der Waals surface area contributed by atoms with Crippen molar-refractivity contribution in [2.75, 3.05) is 32.2 Å². The van der Waals surface area contributed by atoms with Gasteiger partial charge in [0.15, 0.2) is 5.13 Å². The molecule has 1 rings (SSSR count). The van der Waals surface area contributed by atoms with E-state index in [1.54, 1.807) is 18.4 Å². The van der Waals surface area contributed by atoms with Crippen molar-refractivity contribution >= 4 is 16.5 Å². The lowest BCUT2D eigenvalue weighted by Gasteiger charge is -2.19. The molecule has 5 heteroatoms. The van der Waals surface area contributed by atoms with Crippen LogP contribution in [0, 0.1) is 0 Å². The Labute approximate surface area is 114 Å². The van der Waals surface area contributed by atoms with Crippen LogP contribution in [0.3, 0.4) is 0 Å². The molecule has 0 saturated carbocycles. The first-order chi connectivity index (χ1) is 8.42. The largest absolute Gasteiger partial charge is 0.385 e.